The second kappa shape index (κ2) is 4.05. The van der Waals surface area contributed by atoms with Crippen LogP contribution in [0.3, 0.4) is 0 Å². The summed E-state index contributed by atoms with van der Waals surface area (Å²) < 4.78 is 0. The maximum atomic E-state index is 5.80. The van der Waals surface area contributed by atoms with Crippen LogP contribution in [-0.2, 0) is 0 Å². The van der Waals surface area contributed by atoms with E-state index in [2.05, 4.69) is 0 Å². The summed E-state index contributed by atoms with van der Waals surface area (Å²) in [6.45, 7) is 0. The van der Waals surface area contributed by atoms with Gasteiger partial charge >= 0.3 is 0 Å². The molecule has 0 aromatic heterocycles. The maximum absolute atomic E-state index is 5.80. The molecule has 0 aliphatic heterocycles. The standard InChI is InChI=1S/C8H10Cl2/c9-7-5-3-1-2-4-6-8(7)10/h5-6H,1-4H2. The second-order valence-electron chi connectivity index (χ2n) is 2.39. The van der Waals surface area contributed by atoms with E-state index < -0.39 is 0 Å². The van der Waals surface area contributed by atoms with E-state index >= 15 is 0 Å². The van der Waals surface area contributed by atoms with E-state index in [1.165, 1.54) is 12.8 Å². The molecule has 10 heavy (non-hydrogen) atoms. The fraction of sp³-hybridized carbons (Fsp3) is 0.500. The number of hydrogen-bond acceptors (Lipinski definition) is 0. The maximum Gasteiger partial charge on any atom is 0.0549 e. The number of hydrogen-bond donors (Lipinski definition) is 0. The minimum atomic E-state index is 0.710. The van der Waals surface area contributed by atoms with Crippen molar-refractivity contribution >= 4 is 23.2 Å². The summed E-state index contributed by atoms with van der Waals surface area (Å²) in [6, 6.07) is 0. The van der Waals surface area contributed by atoms with Crippen molar-refractivity contribution in [2.24, 2.45) is 0 Å². The monoisotopic (exact) mass is 176 g/mol. The SMILES string of the molecule is ClC1=CCCCCC=C1Cl. The predicted molar refractivity (Wildman–Crippen MR) is 46.3 cm³/mol. The van der Waals surface area contributed by atoms with Crippen LogP contribution in [0.5, 0.6) is 0 Å². The normalized spacial score (nSPS) is 20.6. The zero-order chi connectivity index (χ0) is 7.40. The summed E-state index contributed by atoms with van der Waals surface area (Å²) >= 11 is 11.6. The zero-order valence-electron chi connectivity index (χ0n) is 5.74. The molecule has 0 fully saturated rings. The Kier molecular flexibility index (Phi) is 3.30. The third-order valence-corrected chi connectivity index (χ3v) is 2.35. The van der Waals surface area contributed by atoms with Gasteiger partial charge in [0.25, 0.3) is 0 Å². The van der Waals surface area contributed by atoms with Crippen LogP contribution in [0.2, 0.25) is 0 Å². The Morgan fingerprint density at radius 3 is 1.70 bits per heavy atom. The smallest absolute Gasteiger partial charge is 0.0549 e. The van der Waals surface area contributed by atoms with Crippen LogP contribution in [0, 0.1) is 0 Å². The Balaban J connectivity index is 2.66. The van der Waals surface area contributed by atoms with Crippen LogP contribution in [0.4, 0.5) is 0 Å². The van der Waals surface area contributed by atoms with Crippen molar-refractivity contribution in [2.75, 3.05) is 0 Å². The van der Waals surface area contributed by atoms with Crippen LogP contribution in [0.15, 0.2) is 22.2 Å². The van der Waals surface area contributed by atoms with Crippen LogP contribution < -0.4 is 0 Å². The highest BCUT2D eigenvalue weighted by Gasteiger charge is 1.99. The second-order valence-corrected chi connectivity index (χ2v) is 3.20. The van der Waals surface area contributed by atoms with E-state index in [0.29, 0.717) is 10.1 Å². The van der Waals surface area contributed by atoms with Crippen LogP contribution in [0.1, 0.15) is 25.7 Å². The molecule has 0 aromatic carbocycles. The molecule has 56 valence electrons. The van der Waals surface area contributed by atoms with E-state index in [9.17, 15) is 0 Å². The van der Waals surface area contributed by atoms with Crippen molar-refractivity contribution in [3.05, 3.63) is 22.2 Å². The highest BCUT2D eigenvalue weighted by Crippen LogP contribution is 2.23. The topological polar surface area (TPSA) is 0 Å². The quantitative estimate of drug-likeness (QED) is 0.527. The Morgan fingerprint density at radius 1 is 0.900 bits per heavy atom. The Morgan fingerprint density at radius 2 is 1.30 bits per heavy atom. The number of allylic oxidation sites excluding steroid dienone is 4. The average molecular weight is 177 g/mol. The fourth-order valence-electron chi connectivity index (χ4n) is 0.941. The molecule has 0 nitrogen and oxygen atoms in total. The molecule has 0 saturated heterocycles. The van der Waals surface area contributed by atoms with E-state index in [1.807, 2.05) is 12.2 Å². The molecule has 0 unspecified atom stereocenters. The lowest BCUT2D eigenvalue weighted by Crippen LogP contribution is -1.81. The average Bonchev–Trinajstić information content (AvgIpc) is 1.92. The highest BCUT2D eigenvalue weighted by molar-refractivity contribution is 6.43. The minimum absolute atomic E-state index is 0.710. The molecular weight excluding hydrogens is 167 g/mol. The molecule has 0 heterocycles. The molecule has 0 radical (unpaired) electrons. The summed E-state index contributed by atoms with van der Waals surface area (Å²) in [5.74, 6) is 0. The van der Waals surface area contributed by atoms with Gasteiger partial charge in [-0.05, 0) is 25.7 Å². The summed E-state index contributed by atoms with van der Waals surface area (Å²) in [5, 5.41) is 1.42. The molecule has 0 spiro atoms. The molecule has 0 aromatic rings. The third-order valence-electron chi connectivity index (χ3n) is 1.53. The van der Waals surface area contributed by atoms with Gasteiger partial charge in [-0.15, -0.1) is 0 Å². The first kappa shape index (κ1) is 8.16. The van der Waals surface area contributed by atoms with E-state index in [4.69, 9.17) is 23.2 Å². The molecule has 0 atom stereocenters. The first-order valence-corrected chi connectivity index (χ1v) is 4.28. The van der Waals surface area contributed by atoms with Crippen molar-refractivity contribution in [3.8, 4) is 0 Å². The summed E-state index contributed by atoms with van der Waals surface area (Å²) in [6.07, 6.45) is 8.53. The third kappa shape index (κ3) is 2.36. The van der Waals surface area contributed by atoms with E-state index in [-0.39, 0.29) is 0 Å². The van der Waals surface area contributed by atoms with Crippen molar-refractivity contribution in [1.29, 1.82) is 0 Å². The van der Waals surface area contributed by atoms with Gasteiger partial charge in [-0.3, -0.25) is 0 Å². The fourth-order valence-corrected chi connectivity index (χ4v) is 1.31. The number of rotatable bonds is 0. The molecule has 1 rings (SSSR count). The van der Waals surface area contributed by atoms with Gasteiger partial charge in [0, 0.05) is 0 Å². The molecule has 1 aliphatic carbocycles. The lowest BCUT2D eigenvalue weighted by Gasteiger charge is -2.02. The van der Waals surface area contributed by atoms with Crippen molar-refractivity contribution in [3.63, 3.8) is 0 Å². The van der Waals surface area contributed by atoms with Crippen LogP contribution in [0.25, 0.3) is 0 Å². The molecule has 0 amide bonds. The molecule has 0 bridgehead atoms. The van der Waals surface area contributed by atoms with Gasteiger partial charge in [-0.25, -0.2) is 0 Å². The summed E-state index contributed by atoms with van der Waals surface area (Å²) in [4.78, 5) is 0. The van der Waals surface area contributed by atoms with Crippen LogP contribution >= 0.6 is 23.2 Å². The van der Waals surface area contributed by atoms with Gasteiger partial charge in [-0.1, -0.05) is 35.4 Å². The molecule has 1 aliphatic rings. The predicted octanol–water partition coefficient (Wildman–Crippen LogP) is 3.81. The van der Waals surface area contributed by atoms with Crippen molar-refractivity contribution in [2.45, 2.75) is 25.7 Å². The van der Waals surface area contributed by atoms with Gasteiger partial charge < -0.3 is 0 Å². The van der Waals surface area contributed by atoms with Gasteiger partial charge in [0.2, 0.25) is 0 Å². The first-order valence-electron chi connectivity index (χ1n) is 3.52. The lowest BCUT2D eigenvalue weighted by atomic mass is 10.1. The van der Waals surface area contributed by atoms with Gasteiger partial charge in [-0.2, -0.15) is 0 Å². The van der Waals surface area contributed by atoms with Crippen LogP contribution in [-0.4, -0.2) is 0 Å². The van der Waals surface area contributed by atoms with Gasteiger partial charge in [0.05, 0.1) is 10.1 Å². The van der Waals surface area contributed by atoms with E-state index in [1.54, 1.807) is 0 Å². The molecule has 0 N–H and O–H groups in total. The lowest BCUT2D eigenvalue weighted by molar-refractivity contribution is 0.756. The minimum Gasteiger partial charge on any atom is -0.0831 e. The van der Waals surface area contributed by atoms with Gasteiger partial charge in [0.15, 0.2) is 0 Å². The summed E-state index contributed by atoms with van der Waals surface area (Å²) in [7, 11) is 0. The number of halogens is 2. The zero-order valence-corrected chi connectivity index (χ0v) is 7.25. The Hall–Kier alpha value is 0.0600. The highest BCUT2D eigenvalue weighted by atomic mass is 35.5. The summed E-state index contributed by atoms with van der Waals surface area (Å²) in [5.41, 5.74) is 0. The van der Waals surface area contributed by atoms with Crippen molar-refractivity contribution in [1.82, 2.24) is 0 Å². The first-order chi connectivity index (χ1) is 4.80. The van der Waals surface area contributed by atoms with Crippen molar-refractivity contribution < 1.29 is 0 Å². The van der Waals surface area contributed by atoms with E-state index in [0.717, 1.165) is 12.8 Å². The molecule has 0 saturated carbocycles. The Labute approximate surface area is 71.5 Å². The molecular formula is C8H10Cl2. The Bertz CT molecular complexity index is 148. The van der Waals surface area contributed by atoms with Gasteiger partial charge in [0.1, 0.15) is 0 Å². The molecule has 2 heteroatoms. The largest absolute Gasteiger partial charge is 0.0831 e.